The van der Waals surface area contributed by atoms with Crippen LogP contribution < -0.4 is 5.32 Å². The Labute approximate surface area is 122 Å². The van der Waals surface area contributed by atoms with Crippen LogP contribution in [0.4, 0.5) is 0 Å². The maximum atomic E-state index is 5.02. The minimum Gasteiger partial charge on any atom is -0.383 e. The van der Waals surface area contributed by atoms with Gasteiger partial charge < -0.3 is 10.1 Å². The highest BCUT2D eigenvalue weighted by molar-refractivity contribution is 7.99. The SMILES string of the molecule is CCCC(C)CSc1cccc(CNCCOC)c1. The Balaban J connectivity index is 2.34. The van der Waals surface area contributed by atoms with Crippen molar-refractivity contribution in [2.75, 3.05) is 26.0 Å². The van der Waals surface area contributed by atoms with Crippen LogP contribution in [0.1, 0.15) is 32.3 Å². The Hall–Kier alpha value is -0.510. The lowest BCUT2D eigenvalue weighted by atomic mass is 10.1. The molecule has 1 atom stereocenters. The summed E-state index contributed by atoms with van der Waals surface area (Å²) < 4.78 is 5.02. The fourth-order valence-corrected chi connectivity index (χ4v) is 3.02. The molecular formula is C16H27NOS. The van der Waals surface area contributed by atoms with E-state index in [1.165, 1.54) is 29.1 Å². The molecule has 1 aromatic rings. The molecular weight excluding hydrogens is 254 g/mol. The van der Waals surface area contributed by atoms with Gasteiger partial charge in [-0.25, -0.2) is 0 Å². The molecule has 0 spiro atoms. The van der Waals surface area contributed by atoms with Gasteiger partial charge in [0, 0.05) is 30.8 Å². The van der Waals surface area contributed by atoms with Crippen molar-refractivity contribution in [2.45, 2.75) is 38.1 Å². The van der Waals surface area contributed by atoms with Gasteiger partial charge in [-0.05, 0) is 23.6 Å². The Morgan fingerprint density at radius 3 is 2.95 bits per heavy atom. The molecule has 0 radical (unpaired) electrons. The zero-order valence-electron chi connectivity index (χ0n) is 12.4. The first kappa shape index (κ1) is 16.5. The molecule has 1 unspecified atom stereocenters. The fourth-order valence-electron chi connectivity index (χ4n) is 1.97. The average Bonchev–Trinajstić information content (AvgIpc) is 2.42. The molecule has 0 saturated carbocycles. The molecule has 3 heteroatoms. The van der Waals surface area contributed by atoms with E-state index in [0.717, 1.165) is 25.6 Å². The summed E-state index contributed by atoms with van der Waals surface area (Å²) in [7, 11) is 1.73. The fraction of sp³-hybridized carbons (Fsp3) is 0.625. The standard InChI is InChI=1S/C16H27NOS/c1-4-6-14(2)13-19-16-8-5-7-15(11-16)12-17-9-10-18-3/h5,7-8,11,14,17H,4,6,9-10,12-13H2,1-3H3. The normalized spacial score (nSPS) is 12.6. The molecule has 19 heavy (non-hydrogen) atoms. The molecule has 0 aliphatic carbocycles. The first-order valence-corrected chi connectivity index (χ1v) is 8.16. The number of thioether (sulfide) groups is 1. The quantitative estimate of drug-likeness (QED) is 0.518. The molecule has 0 aliphatic heterocycles. The summed E-state index contributed by atoms with van der Waals surface area (Å²) in [5.41, 5.74) is 1.35. The second-order valence-corrected chi connectivity index (χ2v) is 6.12. The lowest BCUT2D eigenvalue weighted by Gasteiger charge is -2.10. The molecule has 0 aliphatic rings. The van der Waals surface area contributed by atoms with Gasteiger partial charge in [0.15, 0.2) is 0 Å². The van der Waals surface area contributed by atoms with Crippen molar-refractivity contribution in [3.8, 4) is 0 Å². The molecule has 1 aromatic carbocycles. The van der Waals surface area contributed by atoms with Gasteiger partial charge >= 0.3 is 0 Å². The third-order valence-electron chi connectivity index (χ3n) is 3.03. The van der Waals surface area contributed by atoms with Crippen LogP contribution in [0, 0.1) is 5.92 Å². The van der Waals surface area contributed by atoms with E-state index in [2.05, 4.69) is 43.4 Å². The molecule has 1 N–H and O–H groups in total. The van der Waals surface area contributed by atoms with E-state index in [9.17, 15) is 0 Å². The van der Waals surface area contributed by atoms with Gasteiger partial charge in [0.1, 0.15) is 0 Å². The van der Waals surface area contributed by atoms with Gasteiger partial charge in [0.25, 0.3) is 0 Å². The molecule has 2 nitrogen and oxygen atoms in total. The van der Waals surface area contributed by atoms with Crippen LogP contribution in [0.3, 0.4) is 0 Å². The van der Waals surface area contributed by atoms with Crippen LogP contribution in [0.15, 0.2) is 29.2 Å². The van der Waals surface area contributed by atoms with Crippen molar-refractivity contribution in [1.82, 2.24) is 5.32 Å². The Morgan fingerprint density at radius 2 is 2.21 bits per heavy atom. The van der Waals surface area contributed by atoms with Crippen molar-refractivity contribution < 1.29 is 4.74 Å². The van der Waals surface area contributed by atoms with Gasteiger partial charge in [-0.2, -0.15) is 0 Å². The highest BCUT2D eigenvalue weighted by atomic mass is 32.2. The number of rotatable bonds is 10. The Morgan fingerprint density at radius 1 is 1.37 bits per heavy atom. The summed E-state index contributed by atoms with van der Waals surface area (Å²) in [6, 6.07) is 8.84. The van der Waals surface area contributed by atoms with E-state index in [1.54, 1.807) is 7.11 Å². The van der Waals surface area contributed by atoms with Gasteiger partial charge in [0.05, 0.1) is 6.61 Å². The summed E-state index contributed by atoms with van der Waals surface area (Å²) in [5, 5.41) is 3.38. The van der Waals surface area contributed by atoms with E-state index in [0.29, 0.717) is 0 Å². The minimum absolute atomic E-state index is 0.767. The van der Waals surface area contributed by atoms with Crippen molar-refractivity contribution >= 4 is 11.8 Å². The molecule has 0 aromatic heterocycles. The minimum atomic E-state index is 0.767. The molecule has 0 amide bonds. The third kappa shape index (κ3) is 7.61. The maximum Gasteiger partial charge on any atom is 0.0587 e. The Bertz CT molecular complexity index is 343. The first-order chi connectivity index (χ1) is 9.26. The van der Waals surface area contributed by atoms with Gasteiger partial charge in [0.2, 0.25) is 0 Å². The summed E-state index contributed by atoms with van der Waals surface area (Å²) in [6.45, 7) is 7.19. The zero-order chi connectivity index (χ0) is 13.9. The topological polar surface area (TPSA) is 21.3 Å². The molecule has 1 rings (SSSR count). The van der Waals surface area contributed by atoms with Crippen molar-refractivity contribution in [1.29, 1.82) is 0 Å². The number of hydrogen-bond donors (Lipinski definition) is 1. The molecule has 0 saturated heterocycles. The highest BCUT2D eigenvalue weighted by Crippen LogP contribution is 2.23. The molecule has 0 heterocycles. The molecule has 0 bridgehead atoms. The second kappa shape index (κ2) is 10.3. The summed E-state index contributed by atoms with van der Waals surface area (Å²) >= 11 is 1.97. The van der Waals surface area contributed by atoms with Crippen LogP contribution in [-0.2, 0) is 11.3 Å². The van der Waals surface area contributed by atoms with Crippen LogP contribution >= 0.6 is 11.8 Å². The number of nitrogens with one attached hydrogen (secondary N) is 1. The van der Waals surface area contributed by atoms with E-state index < -0.39 is 0 Å². The van der Waals surface area contributed by atoms with Crippen molar-refractivity contribution in [3.05, 3.63) is 29.8 Å². The van der Waals surface area contributed by atoms with E-state index in [4.69, 9.17) is 4.74 Å². The lowest BCUT2D eigenvalue weighted by molar-refractivity contribution is 0.199. The van der Waals surface area contributed by atoms with Crippen molar-refractivity contribution in [2.24, 2.45) is 5.92 Å². The van der Waals surface area contributed by atoms with Crippen LogP contribution in [0.5, 0.6) is 0 Å². The van der Waals surface area contributed by atoms with E-state index >= 15 is 0 Å². The van der Waals surface area contributed by atoms with Gasteiger partial charge in [-0.3, -0.25) is 0 Å². The second-order valence-electron chi connectivity index (χ2n) is 5.02. The summed E-state index contributed by atoms with van der Waals surface area (Å²) in [5.74, 6) is 2.02. The van der Waals surface area contributed by atoms with E-state index in [-0.39, 0.29) is 0 Å². The van der Waals surface area contributed by atoms with Crippen LogP contribution in [-0.4, -0.2) is 26.0 Å². The lowest BCUT2D eigenvalue weighted by Crippen LogP contribution is -2.18. The van der Waals surface area contributed by atoms with Gasteiger partial charge in [-0.15, -0.1) is 11.8 Å². The van der Waals surface area contributed by atoms with Crippen LogP contribution in [0.2, 0.25) is 0 Å². The zero-order valence-corrected chi connectivity index (χ0v) is 13.3. The number of methoxy groups -OCH3 is 1. The van der Waals surface area contributed by atoms with E-state index in [1.807, 2.05) is 11.8 Å². The van der Waals surface area contributed by atoms with Gasteiger partial charge in [-0.1, -0.05) is 38.8 Å². The van der Waals surface area contributed by atoms with Crippen LogP contribution in [0.25, 0.3) is 0 Å². The predicted octanol–water partition coefficient (Wildman–Crippen LogP) is 3.95. The third-order valence-corrected chi connectivity index (χ3v) is 4.35. The summed E-state index contributed by atoms with van der Waals surface area (Å²) in [4.78, 5) is 1.38. The largest absolute Gasteiger partial charge is 0.383 e. The predicted molar refractivity (Wildman–Crippen MR) is 84.8 cm³/mol. The number of hydrogen-bond acceptors (Lipinski definition) is 3. The smallest absolute Gasteiger partial charge is 0.0587 e. The highest BCUT2D eigenvalue weighted by Gasteiger charge is 2.02. The monoisotopic (exact) mass is 281 g/mol. The molecule has 108 valence electrons. The Kier molecular flexibility index (Phi) is 8.97. The number of ether oxygens (including phenoxy) is 1. The summed E-state index contributed by atoms with van der Waals surface area (Å²) in [6.07, 6.45) is 2.61. The molecule has 0 fully saturated rings. The number of benzene rings is 1. The average molecular weight is 281 g/mol. The maximum absolute atomic E-state index is 5.02. The van der Waals surface area contributed by atoms with Crippen molar-refractivity contribution in [3.63, 3.8) is 0 Å². The first-order valence-electron chi connectivity index (χ1n) is 7.17.